The largest absolute Gasteiger partial charge is 1.00 e. The Labute approximate surface area is 265 Å². The third-order valence-corrected chi connectivity index (χ3v) is 6.25. The maximum atomic E-state index is 11.8. The minimum Gasteiger partial charge on any atom is -0.744 e. The van der Waals surface area contributed by atoms with Gasteiger partial charge in [-0.25, -0.2) is 16.8 Å². The zero-order valence-electron chi connectivity index (χ0n) is 20.9. The van der Waals surface area contributed by atoms with Gasteiger partial charge in [0.2, 0.25) is 5.91 Å². The number of methoxy groups -OCH3 is 1. The van der Waals surface area contributed by atoms with Crippen LogP contribution >= 0.6 is 12.2 Å². The molecular formula is C21H23N3Na2O8S3. The van der Waals surface area contributed by atoms with Crippen molar-refractivity contribution >= 4 is 67.0 Å². The average molecular weight is 588 g/mol. The maximum absolute atomic E-state index is 11.8. The smallest absolute Gasteiger partial charge is 0.744 e. The van der Waals surface area contributed by atoms with Crippen molar-refractivity contribution in [1.29, 1.82) is 0 Å². The molecule has 190 valence electrons. The molecule has 0 aliphatic heterocycles. The molecule has 2 aromatic carbocycles. The van der Waals surface area contributed by atoms with Crippen LogP contribution in [-0.2, 0) is 29.8 Å². The molecule has 0 bridgehead atoms. The third kappa shape index (κ3) is 11.8. The van der Waals surface area contributed by atoms with Crippen LogP contribution < -0.4 is 75.1 Å². The second kappa shape index (κ2) is 15.6. The number of ether oxygens (including phenoxy) is 1. The van der Waals surface area contributed by atoms with Gasteiger partial charge in [0, 0.05) is 24.5 Å². The Kier molecular flexibility index (Phi) is 15.3. The molecule has 0 saturated heterocycles. The zero-order chi connectivity index (χ0) is 26.4. The molecule has 0 atom stereocenters. The van der Waals surface area contributed by atoms with Crippen LogP contribution in [-0.4, -0.2) is 56.7 Å². The van der Waals surface area contributed by atoms with Gasteiger partial charge in [0.25, 0.3) is 0 Å². The molecule has 1 amide bonds. The number of hydrogen-bond acceptors (Lipinski definition) is 9. The number of hydrogen-bond donors (Lipinski definition) is 3. The number of rotatable bonds is 9. The van der Waals surface area contributed by atoms with Gasteiger partial charge in [0.15, 0.2) is 5.11 Å². The topological polar surface area (TPSA) is 177 Å². The van der Waals surface area contributed by atoms with E-state index in [1.165, 1.54) is 43.5 Å². The van der Waals surface area contributed by atoms with E-state index in [1.807, 2.05) is 13.8 Å². The molecule has 0 aliphatic rings. The fraction of sp³-hybridized carbons (Fsp3) is 0.238. The van der Waals surface area contributed by atoms with Gasteiger partial charge in [-0.1, -0.05) is 24.3 Å². The monoisotopic (exact) mass is 587 g/mol. The zero-order valence-corrected chi connectivity index (χ0v) is 27.3. The van der Waals surface area contributed by atoms with E-state index in [9.17, 15) is 30.7 Å². The second-order valence-corrected chi connectivity index (χ2v) is 10.6. The number of thiocarbonyl (C=S) groups is 1. The van der Waals surface area contributed by atoms with Crippen molar-refractivity contribution in [2.45, 2.75) is 29.7 Å². The van der Waals surface area contributed by atoms with Gasteiger partial charge in [-0.2, -0.15) is 0 Å². The summed E-state index contributed by atoms with van der Waals surface area (Å²) in [6.45, 7) is 3.42. The molecule has 16 heteroatoms. The minimum atomic E-state index is -4.97. The Bertz CT molecular complexity index is 1370. The van der Waals surface area contributed by atoms with Gasteiger partial charge in [-0.3, -0.25) is 4.79 Å². The van der Waals surface area contributed by atoms with Crippen LogP contribution in [0.3, 0.4) is 0 Å². The number of carbonyl (C=O) groups is 1. The molecule has 2 rings (SSSR count). The molecule has 0 spiro atoms. The van der Waals surface area contributed by atoms with Crippen molar-refractivity contribution in [1.82, 2.24) is 5.32 Å². The van der Waals surface area contributed by atoms with Gasteiger partial charge in [0.1, 0.15) is 26.8 Å². The van der Waals surface area contributed by atoms with Crippen LogP contribution in [0.5, 0.6) is 0 Å². The van der Waals surface area contributed by atoms with Crippen LogP contribution in [0.2, 0.25) is 0 Å². The summed E-state index contributed by atoms with van der Waals surface area (Å²) in [6, 6.07) is 7.48. The predicted molar refractivity (Wildman–Crippen MR) is 133 cm³/mol. The molecule has 0 unspecified atom stereocenters. The number of benzene rings is 2. The summed E-state index contributed by atoms with van der Waals surface area (Å²) in [5.41, 5.74) is 0.167. The Morgan fingerprint density at radius 3 is 1.73 bits per heavy atom. The first kappa shape index (κ1) is 36.1. The van der Waals surface area contributed by atoms with Gasteiger partial charge < -0.3 is 29.8 Å². The summed E-state index contributed by atoms with van der Waals surface area (Å²) < 4.78 is 75.6. The van der Waals surface area contributed by atoms with Gasteiger partial charge >= 0.3 is 59.1 Å². The number of carbonyl (C=O) groups excluding carboxylic acids is 1. The summed E-state index contributed by atoms with van der Waals surface area (Å²) in [4.78, 5) is 10.4. The van der Waals surface area contributed by atoms with Crippen molar-refractivity contribution in [2.24, 2.45) is 0 Å². The van der Waals surface area contributed by atoms with E-state index in [4.69, 9.17) is 12.2 Å². The van der Waals surface area contributed by atoms with Gasteiger partial charge in [-0.05, 0) is 61.5 Å². The van der Waals surface area contributed by atoms with Crippen molar-refractivity contribution < 1.29 is 94.6 Å². The molecule has 0 saturated carbocycles. The Morgan fingerprint density at radius 1 is 0.919 bits per heavy atom. The first-order valence-electron chi connectivity index (χ1n) is 9.95. The van der Waals surface area contributed by atoms with Crippen LogP contribution in [0.1, 0.15) is 25.0 Å². The van der Waals surface area contributed by atoms with E-state index < -0.39 is 35.9 Å². The Balaban J connectivity index is 0.00000648. The summed E-state index contributed by atoms with van der Waals surface area (Å²) >= 11 is 5.11. The molecule has 0 fully saturated rings. The van der Waals surface area contributed by atoms with Crippen molar-refractivity contribution in [3.63, 3.8) is 0 Å². The van der Waals surface area contributed by atoms with E-state index >= 15 is 0 Å². The fourth-order valence-corrected chi connectivity index (χ4v) is 4.62. The van der Waals surface area contributed by atoms with E-state index in [0.717, 1.165) is 12.1 Å². The summed E-state index contributed by atoms with van der Waals surface area (Å²) in [5, 5.41) is 8.30. The van der Waals surface area contributed by atoms with Crippen molar-refractivity contribution in [3.05, 3.63) is 47.5 Å². The standard InChI is InChI=1S/C21H25N3O8S3.2Na/c1-13(2)22-21(33)24-17-9-7-15(19(11-17)35(29,30)31)5-4-14-6-8-16(23-20(25)12-32-3)10-18(14)34(26,27)28;;/h4-11,13H,12H2,1-3H3,(H,23,25)(H2,22,24,33)(H,26,27,28)(H,29,30,31);;/q;2*+1/p-2. The molecule has 0 heterocycles. The minimum absolute atomic E-state index is 0. The molecule has 2 aromatic rings. The Morgan fingerprint density at radius 2 is 1.35 bits per heavy atom. The summed E-state index contributed by atoms with van der Waals surface area (Å²) in [5.74, 6) is -0.563. The predicted octanol–water partition coefficient (Wildman–Crippen LogP) is -4.05. The normalized spacial score (nSPS) is 11.4. The number of anilines is 2. The molecular weight excluding hydrogens is 564 g/mol. The van der Waals surface area contributed by atoms with E-state index in [-0.39, 0.29) is 99.4 Å². The number of nitrogens with one attached hydrogen (secondary N) is 3. The molecule has 11 nitrogen and oxygen atoms in total. The summed E-state index contributed by atoms with van der Waals surface area (Å²) in [7, 11) is -8.60. The van der Waals surface area contributed by atoms with Gasteiger partial charge in [0.05, 0.1) is 9.79 Å². The van der Waals surface area contributed by atoms with Crippen molar-refractivity contribution in [2.75, 3.05) is 24.4 Å². The van der Waals surface area contributed by atoms with Crippen LogP contribution in [0, 0.1) is 0 Å². The van der Waals surface area contributed by atoms with Crippen LogP contribution in [0.25, 0.3) is 12.2 Å². The maximum Gasteiger partial charge on any atom is 1.00 e. The van der Waals surface area contributed by atoms with Crippen molar-refractivity contribution in [3.8, 4) is 0 Å². The second-order valence-electron chi connectivity index (χ2n) is 7.48. The van der Waals surface area contributed by atoms with E-state index in [1.54, 1.807) is 0 Å². The quantitative estimate of drug-likeness (QED) is 0.113. The molecule has 3 N–H and O–H groups in total. The SMILES string of the molecule is COCC(=O)Nc1ccc(C=Cc2ccc(NC(=S)NC(C)C)cc2S(=O)(=O)[O-])c(S(=O)(=O)[O-])c1.[Na+].[Na+]. The number of amides is 1. The molecule has 37 heavy (non-hydrogen) atoms. The van der Waals surface area contributed by atoms with E-state index in [0.29, 0.717) is 0 Å². The summed E-state index contributed by atoms with van der Waals surface area (Å²) in [6.07, 6.45) is 2.36. The molecule has 0 radical (unpaired) electrons. The third-order valence-electron chi connectivity index (χ3n) is 4.25. The first-order valence-corrected chi connectivity index (χ1v) is 13.2. The van der Waals surface area contributed by atoms with Gasteiger partial charge in [-0.15, -0.1) is 0 Å². The molecule has 0 aromatic heterocycles. The van der Waals surface area contributed by atoms with Crippen LogP contribution in [0.15, 0.2) is 46.2 Å². The fourth-order valence-electron chi connectivity index (χ4n) is 2.87. The average Bonchev–Trinajstić information content (AvgIpc) is 2.71. The first-order chi connectivity index (χ1) is 16.2. The Hall–Kier alpha value is -0.880. The van der Waals surface area contributed by atoms with E-state index in [2.05, 4.69) is 20.7 Å². The molecule has 0 aliphatic carbocycles. The van der Waals surface area contributed by atoms with Crippen LogP contribution in [0.4, 0.5) is 11.4 Å².